The number of pyridine rings is 1. The summed E-state index contributed by atoms with van der Waals surface area (Å²) in [6.07, 6.45) is 0.402. The highest BCUT2D eigenvalue weighted by Crippen LogP contribution is 2.29. The Bertz CT molecular complexity index is 732. The van der Waals surface area contributed by atoms with Crippen molar-refractivity contribution < 1.29 is 18.0 Å². The van der Waals surface area contributed by atoms with Crippen LogP contribution in [0, 0.1) is 0 Å². The van der Waals surface area contributed by atoms with Crippen molar-refractivity contribution in [3.05, 3.63) is 46.3 Å². The van der Waals surface area contributed by atoms with Gasteiger partial charge in [-0.2, -0.15) is 13.2 Å². The molecule has 1 N–H and O–H groups in total. The highest BCUT2D eigenvalue weighted by molar-refractivity contribution is 7.09. The Morgan fingerprint density at radius 3 is 2.85 bits per heavy atom. The molecule has 1 aliphatic rings. The number of aryl methyl sites for hydroxylation is 1. The molecule has 1 unspecified atom stereocenters. The molecule has 4 nitrogen and oxygen atoms in total. The van der Waals surface area contributed by atoms with Gasteiger partial charge in [-0.25, -0.2) is 4.98 Å². The fourth-order valence-electron chi connectivity index (χ4n) is 3.22. The first-order valence-corrected chi connectivity index (χ1v) is 9.90. The van der Waals surface area contributed by atoms with Crippen LogP contribution in [0.25, 0.3) is 0 Å². The van der Waals surface area contributed by atoms with Gasteiger partial charge >= 0.3 is 6.18 Å². The number of amides is 1. The zero-order valence-corrected chi connectivity index (χ0v) is 15.7. The van der Waals surface area contributed by atoms with Crippen LogP contribution in [0.4, 0.5) is 19.0 Å². The second-order valence-corrected chi connectivity index (χ2v) is 7.72. The molecule has 0 bridgehead atoms. The molecule has 3 rings (SSSR count). The van der Waals surface area contributed by atoms with Gasteiger partial charge in [-0.05, 0) is 49.3 Å². The lowest BCUT2D eigenvalue weighted by atomic mass is 10.0. The lowest BCUT2D eigenvalue weighted by molar-refractivity contribution is -0.137. The summed E-state index contributed by atoms with van der Waals surface area (Å²) in [6.45, 7) is 1.29. The van der Waals surface area contributed by atoms with Gasteiger partial charge in [-0.15, -0.1) is 11.3 Å². The molecule has 0 radical (unpaired) electrons. The van der Waals surface area contributed by atoms with E-state index < -0.39 is 11.7 Å². The summed E-state index contributed by atoms with van der Waals surface area (Å²) in [7, 11) is 0. The van der Waals surface area contributed by atoms with E-state index in [1.54, 1.807) is 11.3 Å². The lowest BCUT2D eigenvalue weighted by Gasteiger charge is -2.34. The van der Waals surface area contributed by atoms with Gasteiger partial charge in [0.05, 0.1) is 5.56 Å². The van der Waals surface area contributed by atoms with Crippen molar-refractivity contribution >= 4 is 23.1 Å². The smallest absolute Gasteiger partial charge is 0.355 e. The van der Waals surface area contributed by atoms with Crippen LogP contribution in [0.3, 0.4) is 0 Å². The molecule has 27 heavy (non-hydrogen) atoms. The first-order valence-electron chi connectivity index (χ1n) is 9.02. The van der Waals surface area contributed by atoms with Gasteiger partial charge in [-0.3, -0.25) is 4.79 Å². The molecule has 0 aliphatic carbocycles. The number of alkyl halides is 3. The molecule has 1 saturated heterocycles. The average molecular weight is 397 g/mol. The fraction of sp³-hybridized carbons (Fsp3) is 0.474. The predicted molar refractivity (Wildman–Crippen MR) is 99.9 cm³/mol. The molecule has 0 saturated carbocycles. The monoisotopic (exact) mass is 397 g/mol. The molecule has 2 aromatic rings. The Labute approximate surface area is 160 Å². The summed E-state index contributed by atoms with van der Waals surface area (Å²) in [4.78, 5) is 19.3. The first kappa shape index (κ1) is 19.7. The molecule has 8 heteroatoms. The second kappa shape index (κ2) is 8.73. The summed E-state index contributed by atoms with van der Waals surface area (Å²) in [5, 5.41) is 5.08. The normalized spacial score (nSPS) is 17.7. The van der Waals surface area contributed by atoms with Crippen molar-refractivity contribution in [1.82, 2.24) is 10.3 Å². The van der Waals surface area contributed by atoms with E-state index >= 15 is 0 Å². The van der Waals surface area contributed by atoms with E-state index in [0.717, 1.165) is 44.5 Å². The SMILES string of the molecule is O=C(CCCc1cccs1)NC1CCCN(c2ccc(C(F)(F)F)cn2)C1. The molecule has 2 aromatic heterocycles. The van der Waals surface area contributed by atoms with Gasteiger partial charge < -0.3 is 10.2 Å². The molecule has 0 spiro atoms. The number of aromatic nitrogens is 1. The Balaban J connectivity index is 1.48. The van der Waals surface area contributed by atoms with Crippen LogP contribution in [0.15, 0.2) is 35.8 Å². The zero-order valence-electron chi connectivity index (χ0n) is 14.8. The van der Waals surface area contributed by atoms with Crippen LogP contribution < -0.4 is 10.2 Å². The number of nitrogens with zero attached hydrogens (tertiary/aromatic N) is 2. The van der Waals surface area contributed by atoms with Crippen LogP contribution in [-0.2, 0) is 17.4 Å². The number of carbonyl (C=O) groups excluding carboxylic acids is 1. The predicted octanol–water partition coefficient (Wildman–Crippen LogP) is 4.27. The Kier molecular flexibility index (Phi) is 6.36. The number of hydrogen-bond acceptors (Lipinski definition) is 4. The molecule has 1 atom stereocenters. The number of hydrogen-bond donors (Lipinski definition) is 1. The van der Waals surface area contributed by atoms with E-state index in [1.807, 2.05) is 16.3 Å². The number of rotatable bonds is 6. The highest BCUT2D eigenvalue weighted by Gasteiger charge is 2.31. The maximum Gasteiger partial charge on any atom is 0.417 e. The minimum atomic E-state index is -4.38. The lowest BCUT2D eigenvalue weighted by Crippen LogP contribution is -2.48. The van der Waals surface area contributed by atoms with Crippen LogP contribution in [0.1, 0.15) is 36.1 Å². The van der Waals surface area contributed by atoms with Crippen molar-refractivity contribution in [1.29, 1.82) is 0 Å². The third-order valence-corrected chi connectivity index (χ3v) is 5.53. The highest BCUT2D eigenvalue weighted by atomic mass is 32.1. The summed E-state index contributed by atoms with van der Waals surface area (Å²) in [6, 6.07) is 6.52. The van der Waals surface area contributed by atoms with E-state index in [9.17, 15) is 18.0 Å². The average Bonchev–Trinajstić information content (AvgIpc) is 3.15. The van der Waals surface area contributed by atoms with Gasteiger partial charge in [0.2, 0.25) is 5.91 Å². The van der Waals surface area contributed by atoms with Crippen molar-refractivity contribution in [3.63, 3.8) is 0 Å². The number of carbonyl (C=O) groups is 1. The zero-order chi connectivity index (χ0) is 19.3. The standard InChI is InChI=1S/C19H22F3N3OS/c20-19(21,22)14-8-9-17(23-12-14)25-10-2-4-15(13-25)24-18(26)7-1-5-16-6-3-11-27-16/h3,6,8-9,11-12,15H,1-2,4-5,7,10,13H2,(H,24,26). The second-order valence-electron chi connectivity index (χ2n) is 6.69. The first-order chi connectivity index (χ1) is 12.9. The molecular weight excluding hydrogens is 375 g/mol. The van der Waals surface area contributed by atoms with Gasteiger partial charge in [0.25, 0.3) is 0 Å². The summed E-state index contributed by atoms with van der Waals surface area (Å²) in [5.41, 5.74) is -0.751. The molecular formula is C19H22F3N3OS. The molecule has 3 heterocycles. The Hall–Kier alpha value is -2.09. The molecule has 0 aromatic carbocycles. The van der Waals surface area contributed by atoms with Crippen molar-refractivity contribution in [2.24, 2.45) is 0 Å². The third-order valence-electron chi connectivity index (χ3n) is 4.59. The van der Waals surface area contributed by atoms with E-state index in [0.29, 0.717) is 18.8 Å². The fourth-order valence-corrected chi connectivity index (χ4v) is 3.97. The quantitative estimate of drug-likeness (QED) is 0.792. The molecule has 1 fully saturated rings. The third kappa shape index (κ3) is 5.69. The van der Waals surface area contributed by atoms with Gasteiger partial charge in [-0.1, -0.05) is 6.07 Å². The summed E-state index contributed by atoms with van der Waals surface area (Å²) < 4.78 is 38.0. The van der Waals surface area contributed by atoms with E-state index in [2.05, 4.69) is 16.4 Å². The van der Waals surface area contributed by atoms with Crippen LogP contribution >= 0.6 is 11.3 Å². The minimum absolute atomic E-state index is 0.00270. The molecule has 1 aliphatic heterocycles. The van der Waals surface area contributed by atoms with Crippen LogP contribution in [0.2, 0.25) is 0 Å². The maximum absolute atomic E-state index is 12.7. The number of anilines is 1. The van der Waals surface area contributed by atoms with Crippen LogP contribution in [-0.4, -0.2) is 30.0 Å². The number of nitrogens with one attached hydrogen (secondary N) is 1. The van der Waals surface area contributed by atoms with Gasteiger partial charge in [0, 0.05) is 36.6 Å². The Morgan fingerprint density at radius 1 is 1.33 bits per heavy atom. The number of piperidine rings is 1. The Morgan fingerprint density at radius 2 is 2.19 bits per heavy atom. The van der Waals surface area contributed by atoms with Gasteiger partial charge in [0.15, 0.2) is 0 Å². The maximum atomic E-state index is 12.7. The van der Waals surface area contributed by atoms with Crippen LogP contribution in [0.5, 0.6) is 0 Å². The minimum Gasteiger partial charge on any atom is -0.355 e. The van der Waals surface area contributed by atoms with Gasteiger partial charge in [0.1, 0.15) is 5.82 Å². The number of thiophene rings is 1. The molecule has 1 amide bonds. The number of halogens is 3. The molecule has 146 valence electrons. The summed E-state index contributed by atoms with van der Waals surface area (Å²) in [5.74, 6) is 0.540. The van der Waals surface area contributed by atoms with Crippen molar-refractivity contribution in [3.8, 4) is 0 Å². The van der Waals surface area contributed by atoms with Crippen molar-refractivity contribution in [2.75, 3.05) is 18.0 Å². The summed E-state index contributed by atoms with van der Waals surface area (Å²) >= 11 is 1.69. The van der Waals surface area contributed by atoms with E-state index in [4.69, 9.17) is 0 Å². The van der Waals surface area contributed by atoms with Crippen molar-refractivity contribution in [2.45, 2.75) is 44.3 Å². The largest absolute Gasteiger partial charge is 0.417 e. The topological polar surface area (TPSA) is 45.2 Å². The van der Waals surface area contributed by atoms with E-state index in [-0.39, 0.29) is 11.9 Å². The van der Waals surface area contributed by atoms with E-state index in [1.165, 1.54) is 10.9 Å².